The van der Waals surface area contributed by atoms with Crippen LogP contribution in [0.5, 0.6) is 5.75 Å². The first-order valence-corrected chi connectivity index (χ1v) is 3.98. The second kappa shape index (κ2) is 8.46. The van der Waals surface area contributed by atoms with Crippen LogP contribution < -0.4 is 0 Å². The van der Waals surface area contributed by atoms with Crippen molar-refractivity contribution >= 4 is 0 Å². The fourth-order valence-electron chi connectivity index (χ4n) is 0.741. The van der Waals surface area contributed by atoms with Crippen molar-refractivity contribution in [3.63, 3.8) is 0 Å². The van der Waals surface area contributed by atoms with E-state index in [2.05, 4.69) is 4.98 Å². The average molecular weight is 368 g/mol. The van der Waals surface area contributed by atoms with Gasteiger partial charge in [0.2, 0.25) is 0 Å². The van der Waals surface area contributed by atoms with Gasteiger partial charge in [-0.25, -0.2) is 0 Å². The van der Waals surface area contributed by atoms with Gasteiger partial charge in [-0.05, 0) is 24.3 Å². The van der Waals surface area contributed by atoms with Crippen LogP contribution in [0.25, 0.3) is 0 Å². The molecule has 0 amide bonds. The Kier molecular flexibility index (Phi) is 7.77. The van der Waals surface area contributed by atoms with Gasteiger partial charge in [-0.15, -0.1) is 0 Å². The van der Waals surface area contributed by atoms with Crippen LogP contribution in [0.2, 0.25) is 0 Å². The molecule has 3 heteroatoms. The predicted molar refractivity (Wildman–Crippen MR) is 52.3 cm³/mol. The molecular formula is C11H11NOPt. The van der Waals surface area contributed by atoms with E-state index in [9.17, 15) is 0 Å². The molecule has 76 valence electrons. The number of phenolic OH excluding ortho intramolecular Hbond substituents is 1. The molecule has 0 saturated heterocycles. The summed E-state index contributed by atoms with van der Waals surface area (Å²) in [5.74, 6) is 0.322. The second-order valence-electron chi connectivity index (χ2n) is 2.36. The maximum Gasteiger partial charge on any atom is 0.115 e. The molecule has 1 aromatic heterocycles. The van der Waals surface area contributed by atoms with E-state index in [0.717, 1.165) is 0 Å². The molecule has 0 aliphatic heterocycles. The first-order valence-electron chi connectivity index (χ1n) is 3.98. The van der Waals surface area contributed by atoms with Gasteiger partial charge in [-0.2, -0.15) is 0 Å². The van der Waals surface area contributed by atoms with Crippen molar-refractivity contribution in [2.45, 2.75) is 0 Å². The number of aromatic hydroxyl groups is 1. The third kappa shape index (κ3) is 6.38. The molecule has 0 radical (unpaired) electrons. The summed E-state index contributed by atoms with van der Waals surface area (Å²) in [5, 5.41) is 8.63. The van der Waals surface area contributed by atoms with E-state index in [1.54, 1.807) is 36.7 Å². The van der Waals surface area contributed by atoms with Gasteiger partial charge < -0.3 is 5.11 Å². The molecule has 0 bridgehead atoms. The number of phenols is 1. The summed E-state index contributed by atoms with van der Waals surface area (Å²) >= 11 is 0. The van der Waals surface area contributed by atoms with Crippen LogP contribution in [-0.2, 0) is 21.1 Å². The topological polar surface area (TPSA) is 33.1 Å². The first kappa shape index (κ1) is 12.9. The number of para-hydroxylation sites is 1. The van der Waals surface area contributed by atoms with Crippen LogP contribution in [0.3, 0.4) is 0 Å². The number of aromatic nitrogens is 1. The molecule has 2 rings (SSSR count). The molecule has 2 aromatic rings. The number of rotatable bonds is 0. The molecule has 0 atom stereocenters. The van der Waals surface area contributed by atoms with Crippen LogP contribution in [-0.4, -0.2) is 10.1 Å². The summed E-state index contributed by atoms with van der Waals surface area (Å²) in [5.41, 5.74) is 0. The van der Waals surface area contributed by atoms with Gasteiger partial charge in [-0.1, -0.05) is 24.3 Å². The maximum absolute atomic E-state index is 8.63. The Morgan fingerprint density at radius 1 is 0.786 bits per heavy atom. The molecule has 0 aliphatic rings. The normalized spacial score (nSPS) is 7.71. The standard InChI is InChI=1S/C6H6O.C5H5N.Pt/c7-6-4-2-1-3-5-6;1-2-4-6-5-3-1;/h1-5,7H;1-5H;. The van der Waals surface area contributed by atoms with Crippen LogP contribution in [0, 0.1) is 0 Å². The van der Waals surface area contributed by atoms with E-state index in [0.29, 0.717) is 5.75 Å². The van der Waals surface area contributed by atoms with Crippen molar-refractivity contribution in [1.82, 2.24) is 4.98 Å². The molecule has 1 N–H and O–H groups in total. The van der Waals surface area contributed by atoms with Gasteiger partial charge in [0.15, 0.2) is 0 Å². The van der Waals surface area contributed by atoms with Crippen molar-refractivity contribution in [2.75, 3.05) is 0 Å². The van der Waals surface area contributed by atoms with E-state index in [-0.39, 0.29) is 21.1 Å². The smallest absolute Gasteiger partial charge is 0.115 e. The van der Waals surface area contributed by atoms with Gasteiger partial charge in [0.05, 0.1) is 0 Å². The minimum Gasteiger partial charge on any atom is -0.508 e. The average Bonchev–Trinajstić information content (AvgIpc) is 2.22. The van der Waals surface area contributed by atoms with Crippen LogP contribution in [0.4, 0.5) is 0 Å². The fraction of sp³-hybridized carbons (Fsp3) is 0. The largest absolute Gasteiger partial charge is 0.508 e. The number of benzene rings is 1. The molecule has 0 saturated carbocycles. The van der Waals surface area contributed by atoms with Crippen molar-refractivity contribution in [3.8, 4) is 5.75 Å². The van der Waals surface area contributed by atoms with Crippen molar-refractivity contribution in [2.24, 2.45) is 0 Å². The van der Waals surface area contributed by atoms with Crippen molar-refractivity contribution in [1.29, 1.82) is 0 Å². The Balaban J connectivity index is 0.000000227. The molecule has 0 spiro atoms. The SMILES string of the molecule is Oc1ccccc1.[Pt].c1ccncc1. The molecule has 2 nitrogen and oxygen atoms in total. The Bertz CT molecular complexity index is 286. The summed E-state index contributed by atoms with van der Waals surface area (Å²) < 4.78 is 0. The number of nitrogens with zero attached hydrogens (tertiary/aromatic N) is 1. The molecule has 1 aromatic carbocycles. The van der Waals surface area contributed by atoms with Crippen LogP contribution in [0.1, 0.15) is 0 Å². The van der Waals surface area contributed by atoms with Crippen LogP contribution >= 0.6 is 0 Å². The quantitative estimate of drug-likeness (QED) is 0.775. The predicted octanol–water partition coefficient (Wildman–Crippen LogP) is 2.47. The number of hydrogen-bond donors (Lipinski definition) is 1. The Hall–Kier alpha value is -1.14. The Morgan fingerprint density at radius 3 is 1.50 bits per heavy atom. The van der Waals surface area contributed by atoms with Crippen LogP contribution in [0.15, 0.2) is 60.9 Å². The van der Waals surface area contributed by atoms with Gasteiger partial charge in [0.1, 0.15) is 5.75 Å². The van der Waals surface area contributed by atoms with Gasteiger partial charge in [0.25, 0.3) is 0 Å². The summed E-state index contributed by atoms with van der Waals surface area (Å²) in [7, 11) is 0. The molecule has 0 unspecified atom stereocenters. The number of pyridine rings is 1. The van der Waals surface area contributed by atoms with E-state index < -0.39 is 0 Å². The van der Waals surface area contributed by atoms with E-state index in [4.69, 9.17) is 5.11 Å². The Morgan fingerprint density at radius 2 is 1.29 bits per heavy atom. The van der Waals surface area contributed by atoms with Crippen molar-refractivity contribution < 1.29 is 26.2 Å². The summed E-state index contributed by atoms with van der Waals surface area (Å²) in [6.45, 7) is 0. The summed E-state index contributed by atoms with van der Waals surface area (Å²) in [4.78, 5) is 3.78. The Labute approximate surface area is 97.9 Å². The van der Waals surface area contributed by atoms with Gasteiger partial charge >= 0.3 is 0 Å². The van der Waals surface area contributed by atoms with Crippen molar-refractivity contribution in [3.05, 3.63) is 60.9 Å². The minimum atomic E-state index is 0. The summed E-state index contributed by atoms with van der Waals surface area (Å²) in [6.07, 6.45) is 3.50. The molecule has 14 heavy (non-hydrogen) atoms. The zero-order valence-electron chi connectivity index (χ0n) is 7.48. The fourth-order valence-corrected chi connectivity index (χ4v) is 0.741. The third-order valence-corrected chi connectivity index (χ3v) is 1.32. The molecule has 0 aliphatic carbocycles. The van der Waals surface area contributed by atoms with Gasteiger partial charge in [0, 0.05) is 33.5 Å². The van der Waals surface area contributed by atoms with E-state index in [1.807, 2.05) is 24.3 Å². The van der Waals surface area contributed by atoms with E-state index >= 15 is 0 Å². The molecular weight excluding hydrogens is 357 g/mol. The minimum absolute atomic E-state index is 0. The monoisotopic (exact) mass is 368 g/mol. The third-order valence-electron chi connectivity index (χ3n) is 1.32. The maximum atomic E-state index is 8.63. The number of hydrogen-bond acceptors (Lipinski definition) is 2. The first-order chi connectivity index (χ1) is 6.39. The zero-order chi connectivity index (χ0) is 9.36. The van der Waals surface area contributed by atoms with E-state index in [1.165, 1.54) is 0 Å². The molecule has 0 fully saturated rings. The molecule has 1 heterocycles. The zero-order valence-corrected chi connectivity index (χ0v) is 9.76. The van der Waals surface area contributed by atoms with Gasteiger partial charge in [-0.3, -0.25) is 4.98 Å². The summed E-state index contributed by atoms with van der Waals surface area (Å²) in [6, 6.07) is 14.4. The second-order valence-corrected chi connectivity index (χ2v) is 2.36.